The molecular weight excluding hydrogens is 386 g/mol. The van der Waals surface area contributed by atoms with Gasteiger partial charge in [0, 0.05) is 32.7 Å². The molecule has 0 aliphatic carbocycles. The lowest BCUT2D eigenvalue weighted by Crippen LogP contribution is -2.33. The molecular formula is C19H26ClN3O3S. The zero-order valence-electron chi connectivity index (χ0n) is 15.5. The van der Waals surface area contributed by atoms with Crippen molar-refractivity contribution in [2.24, 2.45) is 5.73 Å². The molecule has 0 aliphatic heterocycles. The Labute approximate surface area is 167 Å². The van der Waals surface area contributed by atoms with Crippen LogP contribution >= 0.6 is 12.4 Å². The lowest BCUT2D eigenvalue weighted by molar-refractivity contribution is 0.0827. The highest BCUT2D eigenvalue weighted by Gasteiger charge is 2.25. The molecule has 6 nitrogen and oxygen atoms in total. The van der Waals surface area contributed by atoms with E-state index < -0.39 is 10.0 Å². The van der Waals surface area contributed by atoms with Crippen LogP contribution in [0, 0.1) is 0 Å². The van der Waals surface area contributed by atoms with Gasteiger partial charge < -0.3 is 10.6 Å². The van der Waals surface area contributed by atoms with Crippen LogP contribution in [-0.4, -0.2) is 50.7 Å². The summed E-state index contributed by atoms with van der Waals surface area (Å²) in [6, 6.07) is 15.6. The van der Waals surface area contributed by atoms with Crippen LogP contribution in [0.2, 0.25) is 0 Å². The van der Waals surface area contributed by atoms with Crippen LogP contribution in [0.1, 0.15) is 22.3 Å². The lowest BCUT2D eigenvalue weighted by Gasteiger charge is -2.22. The molecule has 0 unspecified atom stereocenters. The van der Waals surface area contributed by atoms with E-state index in [0.717, 1.165) is 5.56 Å². The minimum atomic E-state index is -3.75. The number of nitrogens with zero attached hydrogens (tertiary/aromatic N) is 2. The van der Waals surface area contributed by atoms with Crippen LogP contribution in [0.3, 0.4) is 0 Å². The van der Waals surface area contributed by atoms with Crippen LogP contribution in [0.15, 0.2) is 59.5 Å². The van der Waals surface area contributed by atoms with Gasteiger partial charge in [0.2, 0.25) is 10.0 Å². The number of nitrogens with two attached hydrogens (primary N) is 1. The van der Waals surface area contributed by atoms with E-state index in [9.17, 15) is 13.2 Å². The molecule has 8 heteroatoms. The van der Waals surface area contributed by atoms with Crippen LogP contribution in [0.5, 0.6) is 0 Å². The number of benzene rings is 2. The van der Waals surface area contributed by atoms with Crippen molar-refractivity contribution in [1.29, 1.82) is 0 Å². The average Bonchev–Trinajstić information content (AvgIpc) is 2.65. The van der Waals surface area contributed by atoms with Gasteiger partial charge in [-0.3, -0.25) is 4.79 Å². The van der Waals surface area contributed by atoms with E-state index in [1.54, 1.807) is 26.2 Å². The zero-order chi connectivity index (χ0) is 19.2. The third kappa shape index (κ3) is 6.04. The number of rotatable bonds is 8. The third-order valence-electron chi connectivity index (χ3n) is 3.94. The van der Waals surface area contributed by atoms with Gasteiger partial charge in [-0.25, -0.2) is 8.42 Å². The van der Waals surface area contributed by atoms with Crippen molar-refractivity contribution in [1.82, 2.24) is 9.21 Å². The Bertz CT molecular complexity index is 842. The highest BCUT2D eigenvalue weighted by atomic mass is 35.5. The Morgan fingerprint density at radius 2 is 1.70 bits per heavy atom. The molecule has 0 fully saturated rings. The topological polar surface area (TPSA) is 83.7 Å². The molecule has 0 aliphatic rings. The molecule has 27 heavy (non-hydrogen) atoms. The van der Waals surface area contributed by atoms with E-state index in [2.05, 4.69) is 0 Å². The Kier molecular flexibility index (Phi) is 8.92. The van der Waals surface area contributed by atoms with Crippen molar-refractivity contribution < 1.29 is 13.2 Å². The summed E-state index contributed by atoms with van der Waals surface area (Å²) in [5, 5.41) is 0. The van der Waals surface area contributed by atoms with Gasteiger partial charge in [0.25, 0.3) is 5.91 Å². The van der Waals surface area contributed by atoms with Gasteiger partial charge in [-0.15, -0.1) is 12.4 Å². The molecule has 148 valence electrons. The average molecular weight is 412 g/mol. The standard InChI is InChI=1S/C19H25N3O3S.ClH/c1-21(2)19(23)17-10-6-11-18(14-17)26(24,25)22(13-7-12-20)15-16-8-4-3-5-9-16;/h3-6,8-11,14H,7,12-13,15,20H2,1-2H3;1H. The van der Waals surface area contributed by atoms with E-state index >= 15 is 0 Å². The minimum Gasteiger partial charge on any atom is -0.345 e. The molecule has 0 radical (unpaired) electrons. The molecule has 0 bridgehead atoms. The van der Waals surface area contributed by atoms with Gasteiger partial charge in [0.05, 0.1) is 4.90 Å². The van der Waals surface area contributed by atoms with E-state index in [4.69, 9.17) is 5.73 Å². The summed E-state index contributed by atoms with van der Waals surface area (Å²) in [6.45, 7) is 0.981. The smallest absolute Gasteiger partial charge is 0.253 e. The van der Waals surface area contributed by atoms with E-state index in [1.165, 1.54) is 21.3 Å². The Morgan fingerprint density at radius 1 is 1.04 bits per heavy atom. The van der Waals surface area contributed by atoms with Crippen molar-refractivity contribution in [3.8, 4) is 0 Å². The van der Waals surface area contributed by atoms with Crippen molar-refractivity contribution in [2.75, 3.05) is 27.2 Å². The highest BCUT2D eigenvalue weighted by molar-refractivity contribution is 7.89. The molecule has 0 spiro atoms. The fraction of sp³-hybridized carbons (Fsp3) is 0.316. The number of carbonyl (C=O) groups excluding carboxylic acids is 1. The van der Waals surface area contributed by atoms with E-state index in [0.29, 0.717) is 25.1 Å². The molecule has 1 amide bonds. The summed E-state index contributed by atoms with van der Waals surface area (Å²) in [5.41, 5.74) is 6.82. The maximum Gasteiger partial charge on any atom is 0.253 e. The second kappa shape index (κ2) is 10.4. The van der Waals surface area contributed by atoms with Crippen LogP contribution in [0.25, 0.3) is 0 Å². The molecule has 0 atom stereocenters. The Balaban J connectivity index is 0.00000364. The monoisotopic (exact) mass is 411 g/mol. The number of sulfonamides is 1. The highest BCUT2D eigenvalue weighted by Crippen LogP contribution is 2.20. The fourth-order valence-electron chi connectivity index (χ4n) is 2.54. The van der Waals surface area contributed by atoms with Crippen molar-refractivity contribution in [3.63, 3.8) is 0 Å². The SMILES string of the molecule is CN(C)C(=O)c1cccc(S(=O)(=O)N(CCCN)Cc2ccccc2)c1.Cl. The van der Waals surface area contributed by atoms with Gasteiger partial charge in [-0.1, -0.05) is 36.4 Å². The fourth-order valence-corrected chi connectivity index (χ4v) is 4.05. The molecule has 2 aromatic carbocycles. The summed E-state index contributed by atoms with van der Waals surface area (Å²) in [6.07, 6.45) is 0.558. The van der Waals surface area contributed by atoms with Gasteiger partial charge in [-0.2, -0.15) is 4.31 Å². The van der Waals surface area contributed by atoms with Crippen LogP contribution in [0.4, 0.5) is 0 Å². The van der Waals surface area contributed by atoms with Gasteiger partial charge in [0.15, 0.2) is 0 Å². The number of amides is 1. The minimum absolute atomic E-state index is 0. The second-order valence-corrected chi connectivity index (χ2v) is 8.13. The van der Waals surface area contributed by atoms with Gasteiger partial charge in [-0.05, 0) is 36.7 Å². The molecule has 2 N–H and O–H groups in total. The van der Waals surface area contributed by atoms with Crippen LogP contribution < -0.4 is 5.73 Å². The summed E-state index contributed by atoms with van der Waals surface area (Å²) >= 11 is 0. The summed E-state index contributed by atoms with van der Waals surface area (Å²) < 4.78 is 27.7. The number of hydrogen-bond donors (Lipinski definition) is 1. The summed E-state index contributed by atoms with van der Waals surface area (Å²) in [4.78, 5) is 13.7. The first kappa shape index (κ1) is 23.1. The molecule has 0 saturated heterocycles. The lowest BCUT2D eigenvalue weighted by atomic mass is 10.2. The second-order valence-electron chi connectivity index (χ2n) is 6.19. The molecule has 2 rings (SSSR count). The first-order valence-electron chi connectivity index (χ1n) is 8.42. The quantitative estimate of drug-likeness (QED) is 0.722. The largest absolute Gasteiger partial charge is 0.345 e. The molecule has 0 aromatic heterocycles. The van der Waals surface area contributed by atoms with Crippen molar-refractivity contribution in [3.05, 3.63) is 65.7 Å². The number of carbonyl (C=O) groups is 1. The number of halogens is 1. The Morgan fingerprint density at radius 3 is 2.30 bits per heavy atom. The molecule has 0 heterocycles. The zero-order valence-corrected chi connectivity index (χ0v) is 17.2. The van der Waals surface area contributed by atoms with Crippen molar-refractivity contribution in [2.45, 2.75) is 17.9 Å². The number of hydrogen-bond acceptors (Lipinski definition) is 4. The van der Waals surface area contributed by atoms with Gasteiger partial charge in [0.1, 0.15) is 0 Å². The maximum absolute atomic E-state index is 13.1. The van der Waals surface area contributed by atoms with Crippen molar-refractivity contribution >= 4 is 28.3 Å². The first-order valence-corrected chi connectivity index (χ1v) is 9.86. The predicted molar refractivity (Wildman–Crippen MR) is 109 cm³/mol. The van der Waals surface area contributed by atoms with Crippen LogP contribution in [-0.2, 0) is 16.6 Å². The van der Waals surface area contributed by atoms with Gasteiger partial charge >= 0.3 is 0 Å². The predicted octanol–water partition coefficient (Wildman–Crippen LogP) is 2.35. The van der Waals surface area contributed by atoms with E-state index in [-0.39, 0.29) is 29.8 Å². The Hall–Kier alpha value is -1.93. The molecule has 2 aromatic rings. The summed E-state index contributed by atoms with van der Waals surface area (Å²) in [7, 11) is -0.483. The first-order chi connectivity index (χ1) is 12.4. The maximum atomic E-state index is 13.1. The molecule has 0 saturated carbocycles. The third-order valence-corrected chi connectivity index (χ3v) is 5.78. The summed E-state index contributed by atoms with van der Waals surface area (Å²) in [5.74, 6) is -0.237. The normalized spacial score (nSPS) is 11.1. The van der Waals surface area contributed by atoms with E-state index in [1.807, 2.05) is 30.3 Å².